The summed E-state index contributed by atoms with van der Waals surface area (Å²) in [5.74, 6) is 0. The van der Waals surface area contributed by atoms with Gasteiger partial charge in [0.25, 0.3) is 0 Å². The number of hydrogen-bond donors (Lipinski definition) is 0. The molecule has 1 saturated heterocycles. The molecule has 0 spiro atoms. The molecule has 4 heteroatoms. The summed E-state index contributed by atoms with van der Waals surface area (Å²) in [4.78, 5) is 0. The van der Waals surface area contributed by atoms with Gasteiger partial charge < -0.3 is 14.2 Å². The van der Waals surface area contributed by atoms with Crippen LogP contribution >= 0.6 is 0 Å². The van der Waals surface area contributed by atoms with E-state index in [0.717, 1.165) is 26.0 Å². The van der Waals surface area contributed by atoms with Crippen LogP contribution in [0.15, 0.2) is 30.6 Å². The van der Waals surface area contributed by atoms with Gasteiger partial charge in [0.05, 0.1) is 13.2 Å². The van der Waals surface area contributed by atoms with Crippen LogP contribution in [0, 0.1) is 0 Å². The smallest absolute Gasteiger partial charge is 0.168 e. The summed E-state index contributed by atoms with van der Waals surface area (Å²) in [6.45, 7) is 5.60. The summed E-state index contributed by atoms with van der Waals surface area (Å²) in [5, 5.41) is 0. The van der Waals surface area contributed by atoms with Crippen LogP contribution in [0.3, 0.4) is 0 Å². The van der Waals surface area contributed by atoms with Crippen LogP contribution in [-0.2, 0) is 20.8 Å². The molecule has 2 atom stereocenters. The zero-order chi connectivity index (χ0) is 23.9. The second-order valence-electron chi connectivity index (χ2n) is 10.2. The molecule has 0 aliphatic carbocycles. The summed E-state index contributed by atoms with van der Waals surface area (Å²) in [6.07, 6.45) is 28.4. The predicted molar refractivity (Wildman–Crippen MR) is 141 cm³/mol. The molecule has 0 amide bonds. The maximum atomic E-state index is 6.01. The SMILES string of the molecule is CCCCCCCCCCCCCCC[C@H]1OC[C@H](COCCCCCC[n+]2ccccc2)O1. The molecule has 1 aliphatic rings. The molecular weight excluding hydrogens is 422 g/mol. The van der Waals surface area contributed by atoms with Crippen molar-refractivity contribution in [3.8, 4) is 0 Å². The van der Waals surface area contributed by atoms with Gasteiger partial charge in [0.1, 0.15) is 12.6 Å². The third-order valence-corrected chi connectivity index (χ3v) is 6.89. The molecule has 0 N–H and O–H groups in total. The van der Waals surface area contributed by atoms with Crippen LogP contribution in [0.25, 0.3) is 0 Å². The van der Waals surface area contributed by atoms with Gasteiger partial charge in [0.2, 0.25) is 0 Å². The van der Waals surface area contributed by atoms with Gasteiger partial charge in [-0.3, -0.25) is 0 Å². The van der Waals surface area contributed by atoms with Crippen molar-refractivity contribution in [3.05, 3.63) is 30.6 Å². The van der Waals surface area contributed by atoms with Crippen LogP contribution in [0.5, 0.6) is 0 Å². The monoisotopic (exact) mass is 476 g/mol. The van der Waals surface area contributed by atoms with Gasteiger partial charge >= 0.3 is 0 Å². The number of aromatic nitrogens is 1. The fourth-order valence-electron chi connectivity index (χ4n) is 4.73. The third-order valence-electron chi connectivity index (χ3n) is 6.89. The lowest BCUT2D eigenvalue weighted by molar-refractivity contribution is -0.697. The molecule has 2 rings (SSSR count). The Hall–Kier alpha value is -0.970. The Morgan fingerprint density at radius 3 is 1.97 bits per heavy atom. The lowest BCUT2D eigenvalue weighted by Crippen LogP contribution is -2.32. The largest absolute Gasteiger partial charge is 0.379 e. The van der Waals surface area contributed by atoms with E-state index in [9.17, 15) is 0 Å². The Morgan fingerprint density at radius 1 is 0.706 bits per heavy atom. The normalized spacial score (nSPS) is 18.0. The summed E-state index contributed by atoms with van der Waals surface area (Å²) in [6, 6.07) is 6.24. The molecule has 4 nitrogen and oxygen atoms in total. The molecule has 1 aliphatic heterocycles. The highest BCUT2D eigenvalue weighted by atomic mass is 16.7. The first-order valence-corrected chi connectivity index (χ1v) is 14.7. The molecule has 0 saturated carbocycles. The molecular formula is C30H54NO3+. The molecule has 0 aromatic carbocycles. The highest BCUT2D eigenvalue weighted by Crippen LogP contribution is 2.19. The maximum Gasteiger partial charge on any atom is 0.168 e. The summed E-state index contributed by atoms with van der Waals surface area (Å²) in [5.41, 5.74) is 0. The molecule has 2 heterocycles. The quantitative estimate of drug-likeness (QED) is 0.119. The molecule has 1 aromatic rings. The highest BCUT2D eigenvalue weighted by Gasteiger charge is 2.25. The van der Waals surface area contributed by atoms with Gasteiger partial charge in [-0.05, 0) is 25.7 Å². The average Bonchev–Trinajstić information content (AvgIpc) is 3.32. The van der Waals surface area contributed by atoms with Gasteiger partial charge in [-0.2, -0.15) is 0 Å². The minimum atomic E-state index is -0.00297. The van der Waals surface area contributed by atoms with E-state index in [4.69, 9.17) is 14.2 Å². The van der Waals surface area contributed by atoms with E-state index in [0.29, 0.717) is 13.2 Å². The van der Waals surface area contributed by atoms with Crippen LogP contribution in [0.1, 0.15) is 122 Å². The van der Waals surface area contributed by atoms with Crippen molar-refractivity contribution in [2.75, 3.05) is 19.8 Å². The average molecular weight is 477 g/mol. The summed E-state index contributed by atoms with van der Waals surface area (Å²) in [7, 11) is 0. The Balaban J connectivity index is 1.28. The molecule has 0 radical (unpaired) electrons. The van der Waals surface area contributed by atoms with E-state index in [2.05, 4.69) is 42.1 Å². The van der Waals surface area contributed by atoms with Crippen molar-refractivity contribution in [1.82, 2.24) is 0 Å². The maximum absolute atomic E-state index is 6.01. The fourth-order valence-corrected chi connectivity index (χ4v) is 4.73. The van der Waals surface area contributed by atoms with Crippen LogP contribution in [0.2, 0.25) is 0 Å². The van der Waals surface area contributed by atoms with Crippen molar-refractivity contribution in [2.24, 2.45) is 0 Å². The topological polar surface area (TPSA) is 31.6 Å². The van der Waals surface area contributed by atoms with E-state index in [1.54, 1.807) is 0 Å². The minimum absolute atomic E-state index is 0.00297. The van der Waals surface area contributed by atoms with Crippen molar-refractivity contribution < 1.29 is 18.8 Å². The van der Waals surface area contributed by atoms with Crippen molar-refractivity contribution >= 4 is 0 Å². The van der Waals surface area contributed by atoms with E-state index >= 15 is 0 Å². The Morgan fingerprint density at radius 2 is 1.29 bits per heavy atom. The zero-order valence-corrected chi connectivity index (χ0v) is 22.3. The van der Waals surface area contributed by atoms with Crippen molar-refractivity contribution in [2.45, 2.75) is 141 Å². The first kappa shape index (κ1) is 29.3. The zero-order valence-electron chi connectivity index (χ0n) is 22.3. The number of nitrogens with zero attached hydrogens (tertiary/aromatic N) is 1. The first-order chi connectivity index (χ1) is 16.9. The van der Waals surface area contributed by atoms with Gasteiger partial charge in [-0.25, -0.2) is 4.57 Å². The van der Waals surface area contributed by atoms with Crippen molar-refractivity contribution in [3.63, 3.8) is 0 Å². The number of unbranched alkanes of at least 4 members (excludes halogenated alkanes) is 15. The Labute approximate surface area is 210 Å². The number of ether oxygens (including phenoxy) is 3. The van der Waals surface area contributed by atoms with Crippen molar-refractivity contribution in [1.29, 1.82) is 0 Å². The molecule has 34 heavy (non-hydrogen) atoms. The molecule has 196 valence electrons. The Bertz CT molecular complexity index is 553. The molecule has 0 unspecified atom stereocenters. The van der Waals surface area contributed by atoms with Crippen LogP contribution in [-0.4, -0.2) is 32.2 Å². The standard InChI is InChI=1S/C30H54NO3/c1-2-3-4-5-6-7-8-9-10-11-12-13-17-22-30-33-28-29(34-30)27-32-26-21-15-14-18-23-31-24-19-16-20-25-31/h16,19-20,24-25,29-30H,2-15,17-18,21-23,26-28H2,1H3/q+1/t29-,30-/m0/s1. The lowest BCUT2D eigenvalue weighted by Gasteiger charge is -2.12. The number of pyridine rings is 1. The number of hydrogen-bond acceptors (Lipinski definition) is 3. The second-order valence-corrected chi connectivity index (χ2v) is 10.2. The molecule has 1 aromatic heterocycles. The fraction of sp³-hybridized carbons (Fsp3) is 0.833. The van der Waals surface area contributed by atoms with Crippen LogP contribution < -0.4 is 4.57 Å². The van der Waals surface area contributed by atoms with E-state index in [-0.39, 0.29) is 12.4 Å². The molecule has 1 fully saturated rings. The van der Waals surface area contributed by atoms with Gasteiger partial charge in [0, 0.05) is 25.2 Å². The number of aryl methyl sites for hydroxylation is 1. The molecule has 0 bridgehead atoms. The third kappa shape index (κ3) is 15.8. The first-order valence-electron chi connectivity index (χ1n) is 14.7. The summed E-state index contributed by atoms with van der Waals surface area (Å²) < 4.78 is 19.9. The second kappa shape index (κ2) is 21.3. The summed E-state index contributed by atoms with van der Waals surface area (Å²) >= 11 is 0. The number of rotatable bonds is 23. The van der Waals surface area contributed by atoms with Gasteiger partial charge in [0.15, 0.2) is 18.7 Å². The highest BCUT2D eigenvalue weighted by molar-refractivity contribution is 4.83. The van der Waals surface area contributed by atoms with E-state index < -0.39 is 0 Å². The minimum Gasteiger partial charge on any atom is -0.379 e. The Kier molecular flexibility index (Phi) is 18.4. The van der Waals surface area contributed by atoms with E-state index in [1.165, 1.54) is 103 Å². The lowest BCUT2D eigenvalue weighted by atomic mass is 10.0. The van der Waals surface area contributed by atoms with Gasteiger partial charge in [-0.15, -0.1) is 0 Å². The van der Waals surface area contributed by atoms with Crippen LogP contribution in [0.4, 0.5) is 0 Å². The van der Waals surface area contributed by atoms with E-state index in [1.807, 2.05) is 0 Å². The predicted octanol–water partition coefficient (Wildman–Crippen LogP) is 7.77. The van der Waals surface area contributed by atoms with Gasteiger partial charge in [-0.1, -0.05) is 96.5 Å².